The van der Waals surface area contributed by atoms with Crippen LogP contribution in [0.15, 0.2) is 0 Å². The maximum atomic E-state index is 10.7. The van der Waals surface area contributed by atoms with E-state index in [9.17, 15) is 13.2 Å². The lowest BCUT2D eigenvalue weighted by Gasteiger charge is -2.21. The molecule has 2 N–H and O–H groups in total. The average Bonchev–Trinajstić information content (AvgIpc) is 1.54. The van der Waals surface area contributed by atoms with Gasteiger partial charge in [0.15, 0.2) is 0 Å². The number of amides is 1. The number of hydrogen-bond donors (Lipinski definition) is 1. The van der Waals surface area contributed by atoms with Crippen LogP contribution in [0.25, 0.3) is 0 Å². The fourth-order valence-electron chi connectivity index (χ4n) is 0.837. The van der Waals surface area contributed by atoms with Crippen molar-refractivity contribution in [2.75, 3.05) is 0 Å². The van der Waals surface area contributed by atoms with Crippen LogP contribution in [0.5, 0.6) is 0 Å². The van der Waals surface area contributed by atoms with E-state index in [1.165, 1.54) is 0 Å². The van der Waals surface area contributed by atoms with Crippen LogP contribution in [0.2, 0.25) is 0 Å². The van der Waals surface area contributed by atoms with Crippen LogP contribution >= 0.6 is 0 Å². The Labute approximate surface area is 66.4 Å². The number of hydrogen-bond acceptors (Lipinski definition) is 3. The molecular weight excluding hydrogens is 168 g/mol. The number of nitrogens with two attached hydrogens (primary N) is 1. The summed E-state index contributed by atoms with van der Waals surface area (Å²) >= 11 is 0. The van der Waals surface area contributed by atoms with Gasteiger partial charge in [-0.15, -0.1) is 0 Å². The second kappa shape index (κ2) is 3.19. The first kappa shape index (κ1) is 10.4. The molecule has 0 fully saturated rings. The Morgan fingerprint density at radius 1 is 1.45 bits per heavy atom. The largest absolute Gasteiger partial charge is 0.301 e. The molecule has 0 bridgehead atoms. The van der Waals surface area contributed by atoms with Gasteiger partial charge in [0, 0.05) is 13.0 Å². The van der Waals surface area contributed by atoms with Gasteiger partial charge in [0.25, 0.3) is 0 Å². The van der Waals surface area contributed by atoms with Crippen molar-refractivity contribution in [3.8, 4) is 0 Å². The highest BCUT2D eigenvalue weighted by Crippen LogP contribution is 2.02. The highest BCUT2D eigenvalue weighted by molar-refractivity contribution is 7.87. The molecule has 0 radical (unpaired) electrons. The van der Waals surface area contributed by atoms with Crippen LogP contribution in [-0.2, 0) is 15.0 Å². The van der Waals surface area contributed by atoms with Gasteiger partial charge in [0.05, 0.1) is 0 Å². The average molecular weight is 180 g/mol. The minimum Gasteiger partial charge on any atom is -0.274 e. The van der Waals surface area contributed by atoms with E-state index in [1.807, 2.05) is 0 Å². The molecule has 0 heterocycles. The lowest BCUT2D eigenvalue weighted by atomic mass is 10.4. The predicted octanol–water partition coefficient (Wildman–Crippen LogP) is -0.553. The van der Waals surface area contributed by atoms with Crippen LogP contribution in [-0.4, -0.2) is 24.7 Å². The molecule has 0 aliphatic heterocycles. The van der Waals surface area contributed by atoms with E-state index in [0.29, 0.717) is 4.31 Å². The number of rotatable bonds is 2. The monoisotopic (exact) mass is 180 g/mol. The molecule has 0 unspecified atom stereocenters. The van der Waals surface area contributed by atoms with E-state index in [1.54, 1.807) is 13.8 Å². The maximum absolute atomic E-state index is 10.7. The van der Waals surface area contributed by atoms with Crippen molar-refractivity contribution < 1.29 is 13.2 Å². The first-order chi connectivity index (χ1) is 4.76. The van der Waals surface area contributed by atoms with Gasteiger partial charge in [-0.1, -0.05) is 0 Å². The summed E-state index contributed by atoms with van der Waals surface area (Å²) in [6, 6.07) is -0.428. The van der Waals surface area contributed by atoms with Gasteiger partial charge < -0.3 is 0 Å². The SMILES string of the molecule is CC(=O)N(C(C)C)S(N)(=O)=O. The fraction of sp³-hybridized carbons (Fsp3) is 0.800. The third kappa shape index (κ3) is 2.85. The summed E-state index contributed by atoms with van der Waals surface area (Å²) in [5.41, 5.74) is 0. The lowest BCUT2D eigenvalue weighted by Crippen LogP contribution is -2.44. The molecular formula is C5H12N2O3S. The Bertz CT molecular complexity index is 244. The zero-order chi connectivity index (χ0) is 9.23. The Hall–Kier alpha value is -0.620. The van der Waals surface area contributed by atoms with Crippen LogP contribution in [0.1, 0.15) is 20.8 Å². The molecule has 0 spiro atoms. The van der Waals surface area contributed by atoms with Crippen molar-refractivity contribution in [1.29, 1.82) is 0 Å². The summed E-state index contributed by atoms with van der Waals surface area (Å²) in [5, 5.41) is 4.76. The van der Waals surface area contributed by atoms with Gasteiger partial charge in [-0.25, -0.2) is 9.44 Å². The minimum atomic E-state index is -3.88. The molecule has 0 aromatic rings. The van der Waals surface area contributed by atoms with Crippen molar-refractivity contribution in [2.24, 2.45) is 5.14 Å². The molecule has 0 aliphatic rings. The van der Waals surface area contributed by atoms with E-state index >= 15 is 0 Å². The van der Waals surface area contributed by atoms with Crippen LogP contribution < -0.4 is 5.14 Å². The van der Waals surface area contributed by atoms with Gasteiger partial charge in [-0.05, 0) is 13.8 Å². The van der Waals surface area contributed by atoms with Crippen molar-refractivity contribution in [1.82, 2.24) is 4.31 Å². The van der Waals surface area contributed by atoms with Gasteiger partial charge >= 0.3 is 10.2 Å². The molecule has 66 valence electrons. The lowest BCUT2D eigenvalue weighted by molar-refractivity contribution is -0.125. The van der Waals surface area contributed by atoms with Crippen molar-refractivity contribution in [3.05, 3.63) is 0 Å². The summed E-state index contributed by atoms with van der Waals surface area (Å²) in [4.78, 5) is 10.7. The second-order valence-corrected chi connectivity index (χ2v) is 3.88. The molecule has 0 aromatic carbocycles. The molecule has 5 nitrogen and oxygen atoms in total. The molecule has 0 saturated heterocycles. The first-order valence-electron chi connectivity index (χ1n) is 3.09. The van der Waals surface area contributed by atoms with Crippen LogP contribution in [0.3, 0.4) is 0 Å². The predicted molar refractivity (Wildman–Crippen MR) is 40.8 cm³/mol. The summed E-state index contributed by atoms with van der Waals surface area (Å²) in [6.07, 6.45) is 0. The second-order valence-electron chi connectivity index (χ2n) is 2.45. The van der Waals surface area contributed by atoms with E-state index in [0.717, 1.165) is 6.92 Å². The molecule has 0 atom stereocenters. The Morgan fingerprint density at radius 3 is 1.82 bits per heavy atom. The highest BCUT2D eigenvalue weighted by Gasteiger charge is 2.22. The Kier molecular flexibility index (Phi) is 3.01. The third-order valence-electron chi connectivity index (χ3n) is 1.05. The Balaban J connectivity index is 4.79. The van der Waals surface area contributed by atoms with Crippen molar-refractivity contribution >= 4 is 16.1 Å². The standard InChI is InChI=1S/C5H12N2O3S/c1-4(2)7(5(3)8)11(6,9)10/h4H,1-3H3,(H2,6,9,10). The normalized spacial score (nSPS) is 11.7. The van der Waals surface area contributed by atoms with E-state index in [4.69, 9.17) is 5.14 Å². The molecule has 0 aliphatic carbocycles. The zero-order valence-electron chi connectivity index (χ0n) is 6.73. The molecule has 0 rings (SSSR count). The minimum absolute atomic E-state index is 0.428. The van der Waals surface area contributed by atoms with Gasteiger partial charge in [0.2, 0.25) is 5.91 Å². The van der Waals surface area contributed by atoms with Crippen molar-refractivity contribution in [2.45, 2.75) is 26.8 Å². The molecule has 6 heteroatoms. The summed E-state index contributed by atoms with van der Waals surface area (Å²) in [5.74, 6) is -0.567. The molecule has 11 heavy (non-hydrogen) atoms. The summed E-state index contributed by atoms with van der Waals surface area (Å²) in [6.45, 7) is 4.31. The summed E-state index contributed by atoms with van der Waals surface area (Å²) < 4.78 is 22.0. The number of carbonyl (C=O) groups is 1. The van der Waals surface area contributed by atoms with Gasteiger partial charge in [-0.3, -0.25) is 4.79 Å². The molecule has 0 saturated carbocycles. The first-order valence-corrected chi connectivity index (χ1v) is 4.60. The topological polar surface area (TPSA) is 80.5 Å². The highest BCUT2D eigenvalue weighted by atomic mass is 32.2. The Morgan fingerprint density at radius 2 is 1.82 bits per heavy atom. The van der Waals surface area contributed by atoms with E-state index in [-0.39, 0.29) is 0 Å². The number of nitrogens with zero attached hydrogens (tertiary/aromatic N) is 1. The van der Waals surface area contributed by atoms with Crippen LogP contribution in [0, 0.1) is 0 Å². The number of carbonyl (C=O) groups excluding carboxylic acids is 1. The maximum Gasteiger partial charge on any atom is 0.301 e. The third-order valence-corrected chi connectivity index (χ3v) is 2.28. The summed E-state index contributed by atoms with van der Waals surface area (Å²) in [7, 11) is -3.88. The quantitative estimate of drug-likeness (QED) is 0.619. The van der Waals surface area contributed by atoms with Gasteiger partial charge in [0.1, 0.15) is 0 Å². The molecule has 0 aromatic heterocycles. The van der Waals surface area contributed by atoms with Crippen LogP contribution in [0.4, 0.5) is 0 Å². The zero-order valence-corrected chi connectivity index (χ0v) is 7.55. The van der Waals surface area contributed by atoms with Crippen molar-refractivity contribution in [3.63, 3.8) is 0 Å². The smallest absolute Gasteiger partial charge is 0.274 e. The molecule has 1 amide bonds. The van der Waals surface area contributed by atoms with E-state index in [2.05, 4.69) is 0 Å². The fourth-order valence-corrected chi connectivity index (χ4v) is 1.78. The van der Waals surface area contributed by atoms with Gasteiger partial charge in [-0.2, -0.15) is 8.42 Å². The van der Waals surface area contributed by atoms with E-state index < -0.39 is 22.2 Å².